The first-order valence-electron chi connectivity index (χ1n) is 7.40. The molecule has 24 heavy (non-hydrogen) atoms. The topological polar surface area (TPSA) is 70.2 Å². The van der Waals surface area contributed by atoms with Gasteiger partial charge in [-0.25, -0.2) is 0 Å². The van der Waals surface area contributed by atoms with E-state index in [9.17, 15) is 10.1 Å². The molecule has 0 aliphatic rings. The van der Waals surface area contributed by atoms with Crippen molar-refractivity contribution in [2.45, 2.75) is 0 Å². The van der Waals surface area contributed by atoms with Gasteiger partial charge in [0.15, 0.2) is 0 Å². The number of aromatic nitrogens is 2. The second kappa shape index (κ2) is 5.34. The molecule has 0 aliphatic heterocycles. The molecule has 0 unspecified atom stereocenters. The number of fused-ring (bicyclic) bond motifs is 3. The van der Waals surface area contributed by atoms with Crippen molar-refractivity contribution < 1.29 is 9.66 Å². The van der Waals surface area contributed by atoms with E-state index in [1.165, 1.54) is 12.1 Å². The van der Waals surface area contributed by atoms with Crippen molar-refractivity contribution in [1.82, 2.24) is 9.55 Å². The summed E-state index contributed by atoms with van der Waals surface area (Å²) in [6.45, 7) is 0. The van der Waals surface area contributed by atoms with Crippen LogP contribution in [0, 0.1) is 10.1 Å². The fraction of sp³-hybridized carbons (Fsp3) is 0.0556. The van der Waals surface area contributed by atoms with Crippen LogP contribution in [0.5, 0.6) is 11.6 Å². The normalized spacial score (nSPS) is 11.0. The van der Waals surface area contributed by atoms with Crippen LogP contribution in [0.2, 0.25) is 0 Å². The van der Waals surface area contributed by atoms with E-state index < -0.39 is 4.92 Å². The van der Waals surface area contributed by atoms with E-state index in [4.69, 9.17) is 4.74 Å². The molecule has 4 aromatic rings. The fourth-order valence-corrected chi connectivity index (χ4v) is 2.84. The number of non-ortho nitro benzene ring substituents is 1. The number of benzene rings is 2. The largest absolute Gasteiger partial charge is 0.439 e. The van der Waals surface area contributed by atoms with Crippen molar-refractivity contribution in [3.63, 3.8) is 0 Å². The molecule has 0 atom stereocenters. The van der Waals surface area contributed by atoms with Gasteiger partial charge in [-0.05, 0) is 18.2 Å². The van der Waals surface area contributed by atoms with Gasteiger partial charge in [-0.2, -0.15) is 4.98 Å². The van der Waals surface area contributed by atoms with Crippen LogP contribution in [0.15, 0.2) is 60.7 Å². The predicted octanol–water partition coefficient (Wildman–Crippen LogP) is 4.43. The van der Waals surface area contributed by atoms with Gasteiger partial charge in [0.2, 0.25) is 5.88 Å². The summed E-state index contributed by atoms with van der Waals surface area (Å²) in [6.07, 6.45) is 0. The Kier molecular flexibility index (Phi) is 3.16. The van der Waals surface area contributed by atoms with Crippen LogP contribution in [-0.4, -0.2) is 14.5 Å². The molecule has 2 aromatic carbocycles. The molecular formula is C18H13N3O3. The Balaban J connectivity index is 1.78. The van der Waals surface area contributed by atoms with Gasteiger partial charge in [-0.15, -0.1) is 0 Å². The third kappa shape index (κ3) is 2.25. The number of ether oxygens (including phenoxy) is 1. The number of hydrogen-bond acceptors (Lipinski definition) is 4. The molecule has 6 heteroatoms. The Hall–Kier alpha value is -3.41. The van der Waals surface area contributed by atoms with Crippen molar-refractivity contribution in [3.05, 3.63) is 70.8 Å². The molecule has 118 valence electrons. The summed E-state index contributed by atoms with van der Waals surface area (Å²) in [6, 6.07) is 17.9. The second-order valence-electron chi connectivity index (χ2n) is 5.45. The lowest BCUT2D eigenvalue weighted by molar-refractivity contribution is -0.384. The third-order valence-corrected chi connectivity index (χ3v) is 3.97. The Bertz CT molecular complexity index is 1090. The monoisotopic (exact) mass is 319 g/mol. The first-order chi connectivity index (χ1) is 11.6. The molecule has 2 heterocycles. The number of aryl methyl sites for hydroxylation is 1. The molecule has 4 rings (SSSR count). The molecular weight excluding hydrogens is 306 g/mol. The minimum atomic E-state index is -0.451. The maximum Gasteiger partial charge on any atom is 0.273 e. The Morgan fingerprint density at radius 1 is 1.04 bits per heavy atom. The van der Waals surface area contributed by atoms with Crippen molar-refractivity contribution in [1.29, 1.82) is 0 Å². The second-order valence-corrected chi connectivity index (χ2v) is 5.45. The van der Waals surface area contributed by atoms with Crippen LogP contribution < -0.4 is 4.74 Å². The van der Waals surface area contributed by atoms with Gasteiger partial charge >= 0.3 is 0 Å². The number of nitro benzene ring substituents is 1. The van der Waals surface area contributed by atoms with Crippen LogP contribution in [-0.2, 0) is 7.05 Å². The van der Waals surface area contributed by atoms with Crippen LogP contribution in [0.4, 0.5) is 5.69 Å². The standard InChI is InChI=1S/C18H13N3O3/c1-20-16-8-3-2-7-14(16)15-9-10-17(19-18(15)20)24-13-6-4-5-12(11-13)21(22)23/h2-11H,1H3. The molecule has 0 saturated heterocycles. The van der Waals surface area contributed by atoms with Crippen molar-refractivity contribution >= 4 is 27.6 Å². The average Bonchev–Trinajstić information content (AvgIpc) is 2.88. The molecule has 0 amide bonds. The maximum absolute atomic E-state index is 10.9. The smallest absolute Gasteiger partial charge is 0.273 e. The molecule has 6 nitrogen and oxygen atoms in total. The molecule has 0 fully saturated rings. The van der Waals surface area contributed by atoms with E-state index in [1.807, 2.05) is 35.9 Å². The molecule has 0 bridgehead atoms. The summed E-state index contributed by atoms with van der Waals surface area (Å²) in [5, 5.41) is 13.0. The summed E-state index contributed by atoms with van der Waals surface area (Å²) >= 11 is 0. The maximum atomic E-state index is 10.9. The lowest BCUT2D eigenvalue weighted by atomic mass is 10.2. The lowest BCUT2D eigenvalue weighted by Gasteiger charge is -2.05. The van der Waals surface area contributed by atoms with Gasteiger partial charge in [0.05, 0.1) is 16.5 Å². The number of hydrogen-bond donors (Lipinski definition) is 0. The Labute approximate surface area is 137 Å². The highest BCUT2D eigenvalue weighted by Crippen LogP contribution is 2.30. The minimum Gasteiger partial charge on any atom is -0.439 e. The Morgan fingerprint density at radius 3 is 2.71 bits per heavy atom. The number of nitrogens with zero attached hydrogens (tertiary/aromatic N) is 3. The average molecular weight is 319 g/mol. The summed E-state index contributed by atoms with van der Waals surface area (Å²) in [5.41, 5.74) is 1.88. The van der Waals surface area contributed by atoms with E-state index in [1.54, 1.807) is 18.2 Å². The van der Waals surface area contributed by atoms with Gasteiger partial charge in [0.25, 0.3) is 5.69 Å². The van der Waals surface area contributed by atoms with Crippen molar-refractivity contribution in [2.75, 3.05) is 0 Å². The number of pyridine rings is 1. The fourth-order valence-electron chi connectivity index (χ4n) is 2.84. The van der Waals surface area contributed by atoms with Gasteiger partial charge in [-0.1, -0.05) is 24.3 Å². The Morgan fingerprint density at radius 2 is 1.88 bits per heavy atom. The number of para-hydroxylation sites is 1. The zero-order chi connectivity index (χ0) is 16.7. The van der Waals surface area contributed by atoms with E-state index in [0.29, 0.717) is 11.6 Å². The zero-order valence-corrected chi connectivity index (χ0v) is 12.8. The van der Waals surface area contributed by atoms with Crippen LogP contribution in [0.3, 0.4) is 0 Å². The quantitative estimate of drug-likeness (QED) is 0.414. The zero-order valence-electron chi connectivity index (χ0n) is 12.8. The molecule has 0 saturated carbocycles. The first-order valence-corrected chi connectivity index (χ1v) is 7.40. The van der Waals surface area contributed by atoms with Crippen LogP contribution in [0.25, 0.3) is 21.9 Å². The van der Waals surface area contributed by atoms with E-state index in [2.05, 4.69) is 11.1 Å². The van der Waals surface area contributed by atoms with E-state index in [0.717, 1.165) is 21.9 Å². The summed E-state index contributed by atoms with van der Waals surface area (Å²) in [7, 11) is 1.95. The van der Waals surface area contributed by atoms with Gasteiger partial charge in [0.1, 0.15) is 11.4 Å². The molecule has 0 radical (unpaired) electrons. The van der Waals surface area contributed by atoms with Crippen molar-refractivity contribution in [2.24, 2.45) is 7.05 Å². The van der Waals surface area contributed by atoms with Crippen molar-refractivity contribution in [3.8, 4) is 11.6 Å². The molecule has 0 spiro atoms. The number of nitro groups is 1. The molecule has 2 aromatic heterocycles. The van der Waals surface area contributed by atoms with Crippen LogP contribution >= 0.6 is 0 Å². The highest BCUT2D eigenvalue weighted by atomic mass is 16.6. The minimum absolute atomic E-state index is 0.0156. The molecule has 0 N–H and O–H groups in total. The van der Waals surface area contributed by atoms with E-state index >= 15 is 0 Å². The first kappa shape index (κ1) is 14.2. The predicted molar refractivity (Wildman–Crippen MR) is 91.4 cm³/mol. The highest BCUT2D eigenvalue weighted by Gasteiger charge is 2.11. The lowest BCUT2D eigenvalue weighted by Crippen LogP contribution is -1.93. The van der Waals surface area contributed by atoms with Crippen LogP contribution in [0.1, 0.15) is 0 Å². The SMILES string of the molecule is Cn1c2ccccc2c2ccc(Oc3cccc([N+](=O)[O-])c3)nc21. The number of rotatable bonds is 3. The molecule has 0 aliphatic carbocycles. The van der Waals surface area contributed by atoms with Gasteiger partial charge in [0, 0.05) is 30.0 Å². The highest BCUT2D eigenvalue weighted by molar-refractivity contribution is 6.06. The van der Waals surface area contributed by atoms with E-state index in [-0.39, 0.29) is 5.69 Å². The van der Waals surface area contributed by atoms with Gasteiger partial charge < -0.3 is 9.30 Å². The summed E-state index contributed by atoms with van der Waals surface area (Å²) in [4.78, 5) is 15.0. The summed E-state index contributed by atoms with van der Waals surface area (Å²) < 4.78 is 7.70. The third-order valence-electron chi connectivity index (χ3n) is 3.97. The summed E-state index contributed by atoms with van der Waals surface area (Å²) in [5.74, 6) is 0.781. The van der Waals surface area contributed by atoms with Gasteiger partial charge in [-0.3, -0.25) is 10.1 Å².